The molecule has 0 atom stereocenters. The molecule has 0 aliphatic heterocycles. The molecule has 2 aromatic carbocycles. The Balaban J connectivity index is 0.00000114. The molecule has 168 valence electrons. The second kappa shape index (κ2) is 13.7. The third-order valence-electron chi connectivity index (χ3n) is 4.20. The van der Waals surface area contributed by atoms with Crippen LogP contribution in [0.25, 0.3) is 11.4 Å². The number of hydrogen-bond donors (Lipinski definition) is 4. The molecule has 6 N–H and O–H groups in total. The highest BCUT2D eigenvalue weighted by molar-refractivity contribution is 7.16. The summed E-state index contributed by atoms with van der Waals surface area (Å²) in [5, 5.41) is 7.13. The maximum absolute atomic E-state index is 6.07. The van der Waals surface area contributed by atoms with Gasteiger partial charge < -0.3 is 22.1 Å². The van der Waals surface area contributed by atoms with Crippen molar-refractivity contribution in [3.05, 3.63) is 107 Å². The lowest BCUT2D eigenvalue weighted by molar-refractivity contribution is 0.851. The van der Waals surface area contributed by atoms with E-state index in [0.717, 1.165) is 29.1 Å². The summed E-state index contributed by atoms with van der Waals surface area (Å²) in [5.41, 5.74) is 15.8. The van der Waals surface area contributed by atoms with Crippen LogP contribution in [0.5, 0.6) is 0 Å². The lowest BCUT2D eigenvalue weighted by Crippen LogP contribution is -2.14. The van der Waals surface area contributed by atoms with Gasteiger partial charge in [-0.1, -0.05) is 98.8 Å². The molecular weight excluding hydrogens is 414 g/mol. The lowest BCUT2D eigenvalue weighted by atomic mass is 10.1. The fraction of sp³-hybridized carbons (Fsp3) is 0.192. The van der Waals surface area contributed by atoms with E-state index in [0.29, 0.717) is 16.6 Å². The molecule has 0 radical (unpaired) electrons. The predicted octanol–water partition coefficient (Wildman–Crippen LogP) is 5.57. The van der Waals surface area contributed by atoms with Crippen LogP contribution in [-0.4, -0.2) is 11.5 Å². The summed E-state index contributed by atoms with van der Waals surface area (Å²) in [6, 6.07) is 20.1. The topological polar surface area (TPSA) is 89.0 Å². The van der Waals surface area contributed by atoms with Crippen LogP contribution in [0.4, 0.5) is 5.13 Å². The minimum atomic E-state index is 0.465. The zero-order valence-corrected chi connectivity index (χ0v) is 19.7. The molecule has 1 heterocycles. The van der Waals surface area contributed by atoms with Crippen LogP contribution < -0.4 is 22.1 Å². The minimum absolute atomic E-state index is 0.465. The zero-order chi connectivity index (χ0) is 23.2. The summed E-state index contributed by atoms with van der Waals surface area (Å²) < 4.78 is 0. The molecule has 1 aromatic heterocycles. The first kappa shape index (κ1) is 24.8. The number of nitrogens with zero attached hydrogens (tertiary/aromatic N) is 1. The number of thiazole rings is 1. The maximum atomic E-state index is 6.07. The first-order valence-corrected chi connectivity index (χ1v) is 11.5. The zero-order valence-electron chi connectivity index (χ0n) is 18.8. The van der Waals surface area contributed by atoms with Gasteiger partial charge in [0.25, 0.3) is 0 Å². The van der Waals surface area contributed by atoms with Crippen molar-refractivity contribution < 1.29 is 0 Å². The van der Waals surface area contributed by atoms with Crippen LogP contribution in [0.1, 0.15) is 36.3 Å². The summed E-state index contributed by atoms with van der Waals surface area (Å²) in [5.74, 6) is 0.465. The summed E-state index contributed by atoms with van der Waals surface area (Å²) in [6.45, 7) is 9.17. The average molecular weight is 448 g/mol. The van der Waals surface area contributed by atoms with E-state index < -0.39 is 0 Å². The second-order valence-electron chi connectivity index (χ2n) is 7.11. The predicted molar refractivity (Wildman–Crippen MR) is 140 cm³/mol. The highest BCUT2D eigenvalue weighted by Crippen LogP contribution is 2.23. The Hall–Kier alpha value is -3.51. The Labute approximate surface area is 195 Å². The van der Waals surface area contributed by atoms with Gasteiger partial charge in [0.15, 0.2) is 5.13 Å². The Bertz CT molecular complexity index is 1010. The van der Waals surface area contributed by atoms with Crippen molar-refractivity contribution in [2.24, 2.45) is 11.5 Å². The second-order valence-corrected chi connectivity index (χ2v) is 8.14. The molecule has 6 heteroatoms. The summed E-state index contributed by atoms with van der Waals surface area (Å²) in [4.78, 5) is 5.33. The van der Waals surface area contributed by atoms with Gasteiger partial charge in [-0.05, 0) is 29.7 Å². The van der Waals surface area contributed by atoms with E-state index in [9.17, 15) is 0 Å². The van der Waals surface area contributed by atoms with Gasteiger partial charge in [-0.2, -0.15) is 0 Å². The van der Waals surface area contributed by atoms with E-state index in [1.165, 1.54) is 23.3 Å². The first-order valence-electron chi connectivity index (χ1n) is 10.7. The molecule has 5 nitrogen and oxygen atoms in total. The Morgan fingerprint density at radius 3 is 2.28 bits per heavy atom. The van der Waals surface area contributed by atoms with E-state index in [4.69, 9.17) is 11.5 Å². The smallest absolute Gasteiger partial charge is 0.188 e. The van der Waals surface area contributed by atoms with Crippen LogP contribution in [0.3, 0.4) is 0 Å². The quantitative estimate of drug-likeness (QED) is 0.322. The monoisotopic (exact) mass is 447 g/mol. The van der Waals surface area contributed by atoms with E-state index in [-0.39, 0.29) is 0 Å². The SMILES string of the molecule is C=C(NCCc1ccccc1)c1cnc(N/C(N)=C/C=C(\N)c2ccccc2)s1.CCC. The van der Waals surface area contributed by atoms with Gasteiger partial charge in [-0.25, -0.2) is 4.98 Å². The van der Waals surface area contributed by atoms with Crippen LogP contribution in [0, 0.1) is 0 Å². The molecule has 0 fully saturated rings. The van der Waals surface area contributed by atoms with Gasteiger partial charge in [-0.3, -0.25) is 0 Å². The summed E-state index contributed by atoms with van der Waals surface area (Å²) in [7, 11) is 0. The highest BCUT2D eigenvalue weighted by atomic mass is 32.1. The molecule has 0 aliphatic rings. The van der Waals surface area contributed by atoms with Crippen molar-refractivity contribution in [1.82, 2.24) is 10.3 Å². The number of allylic oxidation sites excluding steroid dienone is 2. The molecule has 32 heavy (non-hydrogen) atoms. The number of aromatic nitrogens is 1. The van der Waals surface area contributed by atoms with Crippen molar-refractivity contribution in [1.29, 1.82) is 0 Å². The number of anilines is 1. The van der Waals surface area contributed by atoms with Gasteiger partial charge in [0, 0.05) is 24.1 Å². The molecule has 3 rings (SSSR count). The van der Waals surface area contributed by atoms with Gasteiger partial charge in [0.05, 0.1) is 4.88 Å². The molecule has 0 saturated heterocycles. The van der Waals surface area contributed by atoms with Crippen LogP contribution in [0.2, 0.25) is 0 Å². The third kappa shape index (κ3) is 8.70. The van der Waals surface area contributed by atoms with E-state index in [2.05, 4.69) is 48.2 Å². The number of nitrogens with one attached hydrogen (secondary N) is 2. The normalized spacial score (nSPS) is 11.3. The summed E-state index contributed by atoms with van der Waals surface area (Å²) in [6.07, 6.45) is 7.48. The number of nitrogens with two attached hydrogens (primary N) is 2. The van der Waals surface area contributed by atoms with Crippen molar-refractivity contribution in [3.8, 4) is 0 Å². The molecule has 0 spiro atoms. The summed E-state index contributed by atoms with van der Waals surface area (Å²) >= 11 is 1.49. The highest BCUT2D eigenvalue weighted by Gasteiger charge is 2.06. The van der Waals surface area contributed by atoms with Gasteiger partial charge in [0.1, 0.15) is 5.82 Å². The van der Waals surface area contributed by atoms with Crippen LogP contribution in [0.15, 0.2) is 91.4 Å². The van der Waals surface area contributed by atoms with Crippen molar-refractivity contribution in [2.45, 2.75) is 26.7 Å². The van der Waals surface area contributed by atoms with E-state index in [1.54, 1.807) is 18.3 Å². The van der Waals surface area contributed by atoms with Crippen molar-refractivity contribution >= 4 is 27.9 Å². The molecule has 0 bridgehead atoms. The van der Waals surface area contributed by atoms with E-state index in [1.807, 2.05) is 48.5 Å². The fourth-order valence-electron chi connectivity index (χ4n) is 2.63. The largest absolute Gasteiger partial charge is 0.398 e. The lowest BCUT2D eigenvalue weighted by Gasteiger charge is -2.07. The van der Waals surface area contributed by atoms with E-state index >= 15 is 0 Å². The van der Waals surface area contributed by atoms with Gasteiger partial charge in [-0.15, -0.1) is 0 Å². The van der Waals surface area contributed by atoms with Gasteiger partial charge in [0.2, 0.25) is 0 Å². The molecule has 3 aromatic rings. The Kier molecular flexibility index (Phi) is 10.6. The minimum Gasteiger partial charge on any atom is -0.398 e. The van der Waals surface area contributed by atoms with Gasteiger partial charge >= 0.3 is 0 Å². The number of hydrogen-bond acceptors (Lipinski definition) is 6. The van der Waals surface area contributed by atoms with Crippen molar-refractivity contribution in [3.63, 3.8) is 0 Å². The van der Waals surface area contributed by atoms with Crippen LogP contribution in [-0.2, 0) is 6.42 Å². The molecule has 0 saturated carbocycles. The molecule has 0 aliphatic carbocycles. The first-order chi connectivity index (χ1) is 15.5. The Morgan fingerprint density at radius 1 is 1.00 bits per heavy atom. The third-order valence-corrected chi connectivity index (χ3v) is 5.17. The standard InChI is InChI=1S/C23H25N5S.C3H8/c1-17(26-15-14-18-8-4-2-5-9-18)21-16-27-23(29-21)28-22(25)13-12-20(24)19-10-6-3-7-11-19;1-3-2/h2-13,16,26H,1,14-15,24-25H2,(H,27,28);3H2,1-2H3/b20-12-,22-13+;. The molecule has 0 amide bonds. The number of rotatable bonds is 9. The maximum Gasteiger partial charge on any atom is 0.188 e. The average Bonchev–Trinajstić information content (AvgIpc) is 3.28. The fourth-order valence-corrected chi connectivity index (χ4v) is 3.42. The Morgan fingerprint density at radius 2 is 1.62 bits per heavy atom. The molecule has 0 unspecified atom stereocenters. The van der Waals surface area contributed by atoms with Crippen molar-refractivity contribution in [2.75, 3.05) is 11.9 Å². The number of benzene rings is 2. The van der Waals surface area contributed by atoms with Crippen LogP contribution >= 0.6 is 11.3 Å². The molecular formula is C26H33N5S.